The Kier molecular flexibility index (Phi) is 15.6. The molecule has 0 radical (unpaired) electrons. The second-order valence-electron chi connectivity index (χ2n) is 15.6. The molecule has 1 saturated heterocycles. The molecule has 2 unspecified atom stereocenters. The maximum Gasteiger partial charge on any atom is 0.305 e. The number of aromatic nitrogens is 3. The quantitative estimate of drug-likeness (QED) is 0.141. The van der Waals surface area contributed by atoms with E-state index in [0.29, 0.717) is 56.1 Å². The first kappa shape index (κ1) is 44.4. The third-order valence-corrected chi connectivity index (χ3v) is 11.0. The Labute approximate surface area is 354 Å². The zero-order valence-electron chi connectivity index (χ0n) is 34.5. The molecular formula is C44H55N9O8. The van der Waals surface area contributed by atoms with E-state index < -0.39 is 54.2 Å². The lowest BCUT2D eigenvalue weighted by atomic mass is 10.0. The van der Waals surface area contributed by atoms with E-state index in [4.69, 9.17) is 4.74 Å². The molecule has 17 nitrogen and oxygen atoms in total. The molecule has 3 aromatic carbocycles. The molecule has 61 heavy (non-hydrogen) atoms. The van der Waals surface area contributed by atoms with Gasteiger partial charge in [-0.15, -0.1) is 5.10 Å². The predicted molar refractivity (Wildman–Crippen MR) is 225 cm³/mol. The Morgan fingerprint density at radius 1 is 0.918 bits per heavy atom. The van der Waals surface area contributed by atoms with E-state index >= 15 is 0 Å². The van der Waals surface area contributed by atoms with Gasteiger partial charge in [-0.05, 0) is 80.6 Å². The molecule has 17 heteroatoms. The summed E-state index contributed by atoms with van der Waals surface area (Å²) in [6.45, 7) is 2.76. The van der Waals surface area contributed by atoms with Crippen molar-refractivity contribution in [2.45, 2.75) is 101 Å². The van der Waals surface area contributed by atoms with Crippen LogP contribution in [0.5, 0.6) is 5.75 Å². The van der Waals surface area contributed by atoms with E-state index in [0.717, 1.165) is 16.7 Å². The van der Waals surface area contributed by atoms with Crippen LogP contribution in [0.1, 0.15) is 55.0 Å². The SMILES string of the molecule is CN[C@@H](C)C(=O)N[C@H]1Cc2ccc(cc2)NC(=O)CCc2cn(nn2)CCOc2ccc(cc2)CC(CC(=O)O)NC(=O)[C@H](Cc2ccccc2)NC(=O)[C@@H]2CCCN2C1O. The summed E-state index contributed by atoms with van der Waals surface area (Å²) in [6, 6.07) is 19.3. The number of aliphatic carboxylic acids is 1. The van der Waals surface area contributed by atoms with Crippen LogP contribution >= 0.6 is 0 Å². The van der Waals surface area contributed by atoms with Gasteiger partial charge >= 0.3 is 5.97 Å². The topological polar surface area (TPSA) is 229 Å². The fraction of sp³-hybridized carbons (Fsp3) is 0.432. The molecule has 6 heterocycles. The van der Waals surface area contributed by atoms with Gasteiger partial charge in [0.2, 0.25) is 23.6 Å². The minimum Gasteiger partial charge on any atom is -0.492 e. The number of carbonyl (C=O) groups excluding carboxylic acids is 4. The predicted octanol–water partition coefficient (Wildman–Crippen LogP) is 1.59. The number of rotatable bonds is 7. The van der Waals surface area contributed by atoms with Gasteiger partial charge in [0.05, 0.1) is 36.8 Å². The second kappa shape index (κ2) is 21.4. The van der Waals surface area contributed by atoms with E-state index in [2.05, 4.69) is 36.9 Å². The molecule has 4 aromatic rings. The number of ether oxygens (including phenoxy) is 1. The number of aliphatic hydroxyl groups excluding tert-OH is 1. The number of hydrogen-bond acceptors (Lipinski definition) is 11. The molecule has 0 spiro atoms. The van der Waals surface area contributed by atoms with Crippen molar-refractivity contribution in [3.8, 4) is 5.75 Å². The molecule has 5 aliphatic rings. The van der Waals surface area contributed by atoms with Gasteiger partial charge in [0.25, 0.3) is 0 Å². The van der Waals surface area contributed by atoms with Crippen LogP contribution in [0.2, 0.25) is 0 Å². The zero-order valence-corrected chi connectivity index (χ0v) is 34.5. The number of nitrogens with zero attached hydrogens (tertiary/aromatic N) is 4. The van der Waals surface area contributed by atoms with Crippen LogP contribution in [-0.2, 0) is 56.2 Å². The van der Waals surface area contributed by atoms with Crippen LogP contribution in [0.25, 0.3) is 0 Å². The monoisotopic (exact) mass is 837 g/mol. The van der Waals surface area contributed by atoms with E-state index in [1.807, 2.05) is 42.5 Å². The average Bonchev–Trinajstić information content (AvgIpc) is 3.93. The molecule has 5 aliphatic heterocycles. The summed E-state index contributed by atoms with van der Waals surface area (Å²) in [5.41, 5.74) is 3.55. The Balaban J connectivity index is 1.28. The lowest BCUT2D eigenvalue weighted by molar-refractivity contribution is -0.139. The number of carboxylic acid groups (broad SMARTS) is 1. The minimum absolute atomic E-state index is 0.131. The molecule has 0 saturated carbocycles. The number of amides is 4. The van der Waals surface area contributed by atoms with Gasteiger partial charge in [-0.3, -0.25) is 28.9 Å². The highest BCUT2D eigenvalue weighted by atomic mass is 16.5. The fourth-order valence-corrected chi connectivity index (χ4v) is 7.57. The number of hydrogen-bond donors (Lipinski definition) is 7. The summed E-state index contributed by atoms with van der Waals surface area (Å²) < 4.78 is 7.56. The van der Waals surface area contributed by atoms with Crippen molar-refractivity contribution in [3.05, 3.63) is 107 Å². The molecule has 0 aliphatic carbocycles. The van der Waals surface area contributed by atoms with Crippen LogP contribution in [0.15, 0.2) is 85.1 Å². The van der Waals surface area contributed by atoms with E-state index in [1.165, 1.54) is 0 Å². The Morgan fingerprint density at radius 3 is 2.36 bits per heavy atom. The number of aliphatic hydroxyl groups is 1. The third-order valence-electron chi connectivity index (χ3n) is 11.0. The number of carbonyl (C=O) groups is 5. The van der Waals surface area contributed by atoms with Crippen LogP contribution in [-0.4, -0.2) is 116 Å². The summed E-state index contributed by atoms with van der Waals surface area (Å²) in [4.78, 5) is 68.1. The standard InChI is InChI=1S/C44H55N9O8/c1-28(45-2)41(57)49-37-25-31-10-14-32(15-11-31)46-39(54)19-16-33-27-52(51-50-33)21-22-61-35-17-12-30(13-18-35)23-34(26-40(55)56)47-42(58)36(24-29-7-4-3-5-8-29)48-43(59)38-9-6-20-53(38)44(37)60/h3-5,7-8,10-15,17-18,27-28,34,36-38,44-45,60H,6,9,16,19-26H2,1-2H3,(H,46,54)(H,47,58)(H,48,59)(H,49,57)(H,55,56)/t28-,34?,36-,37-,38-,44?/m0/s1. The van der Waals surface area contributed by atoms with Gasteiger partial charge in [0.15, 0.2) is 0 Å². The van der Waals surface area contributed by atoms with Crippen LogP contribution < -0.4 is 31.3 Å². The van der Waals surface area contributed by atoms with E-state index in [9.17, 15) is 34.2 Å². The molecule has 6 bridgehead atoms. The third kappa shape index (κ3) is 12.9. The second-order valence-corrected chi connectivity index (χ2v) is 15.6. The summed E-state index contributed by atoms with van der Waals surface area (Å²) in [5.74, 6) is -2.07. The Bertz CT molecular complexity index is 2100. The number of aryl methyl sites for hydroxylation is 1. The maximum atomic E-state index is 14.2. The molecule has 6 atom stereocenters. The number of likely N-dealkylation sites (N-methyl/N-ethyl adjacent to an activating group) is 1. The molecule has 1 fully saturated rings. The van der Waals surface area contributed by atoms with Crippen LogP contribution in [0.3, 0.4) is 0 Å². The van der Waals surface area contributed by atoms with Crippen molar-refractivity contribution < 1.29 is 38.9 Å². The van der Waals surface area contributed by atoms with Crippen LogP contribution in [0.4, 0.5) is 5.69 Å². The number of nitrogens with one attached hydrogen (secondary N) is 5. The average molecular weight is 838 g/mol. The van der Waals surface area contributed by atoms with E-state index in [-0.39, 0.29) is 43.9 Å². The van der Waals surface area contributed by atoms with Crippen molar-refractivity contribution in [3.63, 3.8) is 0 Å². The maximum absolute atomic E-state index is 14.2. The van der Waals surface area contributed by atoms with E-state index in [1.54, 1.807) is 66.1 Å². The number of anilines is 1. The summed E-state index contributed by atoms with van der Waals surface area (Å²) in [6.07, 6.45) is 2.19. The first-order valence-corrected chi connectivity index (χ1v) is 20.7. The van der Waals surface area contributed by atoms with Gasteiger partial charge in [-0.25, -0.2) is 4.68 Å². The highest BCUT2D eigenvalue weighted by Gasteiger charge is 2.40. The molecule has 1 aromatic heterocycles. The minimum atomic E-state index is -1.29. The molecular weight excluding hydrogens is 783 g/mol. The molecule has 7 N–H and O–H groups in total. The smallest absolute Gasteiger partial charge is 0.305 e. The Morgan fingerprint density at radius 2 is 1.64 bits per heavy atom. The normalized spacial score (nSPS) is 22.8. The van der Waals surface area contributed by atoms with Crippen molar-refractivity contribution in [1.29, 1.82) is 0 Å². The Hall–Kier alpha value is -6.17. The highest BCUT2D eigenvalue weighted by Crippen LogP contribution is 2.24. The van der Waals surface area contributed by atoms with Gasteiger partial charge in [-0.1, -0.05) is 59.8 Å². The fourth-order valence-electron chi connectivity index (χ4n) is 7.57. The number of carboxylic acids is 1. The van der Waals surface area contributed by atoms with Crippen molar-refractivity contribution >= 4 is 35.3 Å². The lowest BCUT2D eigenvalue weighted by Gasteiger charge is -2.35. The summed E-state index contributed by atoms with van der Waals surface area (Å²) in [5, 5.41) is 44.8. The first-order valence-electron chi connectivity index (χ1n) is 20.7. The molecule has 9 rings (SSSR count). The summed E-state index contributed by atoms with van der Waals surface area (Å²) >= 11 is 0. The van der Waals surface area contributed by atoms with Crippen molar-refractivity contribution in [1.82, 2.24) is 41.2 Å². The first-order chi connectivity index (χ1) is 29.4. The van der Waals surface area contributed by atoms with Gasteiger partial charge < -0.3 is 41.5 Å². The van der Waals surface area contributed by atoms with Gasteiger partial charge in [-0.2, -0.15) is 0 Å². The van der Waals surface area contributed by atoms with Gasteiger partial charge in [0.1, 0.15) is 24.6 Å². The zero-order chi connectivity index (χ0) is 43.3. The van der Waals surface area contributed by atoms with Crippen molar-refractivity contribution in [2.75, 3.05) is 25.5 Å². The van der Waals surface area contributed by atoms with Crippen molar-refractivity contribution in [2.24, 2.45) is 0 Å². The molecule has 4 amide bonds. The lowest BCUT2D eigenvalue weighted by Crippen LogP contribution is -2.60. The van der Waals surface area contributed by atoms with Crippen LogP contribution in [0, 0.1) is 0 Å². The largest absolute Gasteiger partial charge is 0.492 e. The molecule has 324 valence electrons. The van der Waals surface area contributed by atoms with Gasteiger partial charge in [0, 0.05) is 43.7 Å². The summed E-state index contributed by atoms with van der Waals surface area (Å²) in [7, 11) is 1.66. The number of benzene rings is 3. The highest BCUT2D eigenvalue weighted by molar-refractivity contribution is 5.91.